The smallest absolute Gasteiger partial charge is 0.387 e. The van der Waals surface area contributed by atoms with Gasteiger partial charge in [0, 0.05) is 10.9 Å². The molecule has 0 amide bonds. The largest absolute Gasteiger partial charge is 0.462 e. The molecule has 0 saturated carbocycles. The summed E-state index contributed by atoms with van der Waals surface area (Å²) < 4.78 is 33.6. The average molecular weight is 334 g/mol. The lowest BCUT2D eigenvalue weighted by molar-refractivity contribution is -0.0503. The fourth-order valence-electron chi connectivity index (χ4n) is 1.40. The molecule has 0 unspecified atom stereocenters. The Morgan fingerprint density at radius 3 is 2.68 bits per heavy atom. The number of ether oxygens (including phenoxy) is 2. The zero-order valence-corrected chi connectivity index (χ0v) is 11.5. The molecule has 0 aromatic heterocycles. The molecule has 0 aliphatic carbocycles. The molecule has 0 spiro atoms. The van der Waals surface area contributed by atoms with E-state index in [1.54, 1.807) is 13.0 Å². The van der Waals surface area contributed by atoms with Gasteiger partial charge in [0.2, 0.25) is 0 Å². The van der Waals surface area contributed by atoms with Gasteiger partial charge in [-0.25, -0.2) is 4.79 Å². The number of benzene rings is 1. The van der Waals surface area contributed by atoms with Crippen molar-refractivity contribution in [1.82, 2.24) is 0 Å². The summed E-state index contributed by atoms with van der Waals surface area (Å²) in [7, 11) is 0. The Bertz CT molecular complexity index is 514. The maximum Gasteiger partial charge on any atom is 0.387 e. The first-order valence-electron chi connectivity index (χ1n) is 5.28. The Labute approximate surface area is 117 Å². The second-order valence-corrected chi connectivity index (χ2v) is 3.91. The Hall–Kier alpha value is -1.68. The molecule has 4 nitrogen and oxygen atoms in total. The monoisotopic (exact) mass is 333 g/mol. The Kier molecular flexibility index (Phi) is 5.70. The molecule has 0 aliphatic heterocycles. The highest BCUT2D eigenvalue weighted by molar-refractivity contribution is 9.08. The third-order valence-electron chi connectivity index (χ3n) is 2.18. The average Bonchev–Trinajstić information content (AvgIpc) is 2.37. The van der Waals surface area contributed by atoms with Crippen LogP contribution in [0.2, 0.25) is 0 Å². The minimum atomic E-state index is -3.00. The summed E-state index contributed by atoms with van der Waals surface area (Å²) in [6, 6.07) is 4.17. The van der Waals surface area contributed by atoms with Crippen LogP contribution in [-0.4, -0.2) is 19.2 Å². The van der Waals surface area contributed by atoms with Gasteiger partial charge in [-0.3, -0.25) is 0 Å². The van der Waals surface area contributed by atoms with Gasteiger partial charge in [-0.2, -0.15) is 14.0 Å². The van der Waals surface area contributed by atoms with Crippen LogP contribution in [0.25, 0.3) is 0 Å². The van der Waals surface area contributed by atoms with Gasteiger partial charge in [0.1, 0.15) is 11.8 Å². The number of nitrogens with zero attached hydrogens (tertiary/aromatic N) is 1. The summed E-state index contributed by atoms with van der Waals surface area (Å²) in [6.45, 7) is -1.22. The maximum absolute atomic E-state index is 12.2. The second kappa shape index (κ2) is 7.04. The van der Waals surface area contributed by atoms with Crippen LogP contribution in [0.1, 0.15) is 28.4 Å². The summed E-state index contributed by atoms with van der Waals surface area (Å²) in [5, 5.41) is 9.15. The molecule has 0 atom stereocenters. The molecule has 1 aromatic rings. The van der Waals surface area contributed by atoms with E-state index in [1.165, 1.54) is 6.07 Å². The molecular formula is C12H10BrF2NO3. The van der Waals surface area contributed by atoms with E-state index in [2.05, 4.69) is 20.7 Å². The van der Waals surface area contributed by atoms with E-state index in [1.807, 2.05) is 0 Å². The first-order chi connectivity index (χ1) is 9.03. The highest BCUT2D eigenvalue weighted by atomic mass is 79.9. The molecule has 0 aliphatic rings. The van der Waals surface area contributed by atoms with Crippen molar-refractivity contribution in [2.24, 2.45) is 0 Å². The third-order valence-corrected chi connectivity index (χ3v) is 2.78. The van der Waals surface area contributed by atoms with Crippen molar-refractivity contribution < 1.29 is 23.0 Å². The molecule has 7 heteroatoms. The topological polar surface area (TPSA) is 59.3 Å². The van der Waals surface area contributed by atoms with E-state index < -0.39 is 12.6 Å². The summed E-state index contributed by atoms with van der Waals surface area (Å²) in [4.78, 5) is 11.6. The highest BCUT2D eigenvalue weighted by Crippen LogP contribution is 2.27. The number of hydrogen-bond donors (Lipinski definition) is 0. The van der Waals surface area contributed by atoms with E-state index in [0.717, 1.165) is 6.07 Å². The minimum absolute atomic E-state index is 0.0282. The zero-order valence-electron chi connectivity index (χ0n) is 9.95. The Balaban J connectivity index is 3.27. The van der Waals surface area contributed by atoms with Crippen LogP contribution in [-0.2, 0) is 10.1 Å². The van der Waals surface area contributed by atoms with Crippen molar-refractivity contribution in [2.45, 2.75) is 18.9 Å². The van der Waals surface area contributed by atoms with Gasteiger partial charge in [0.15, 0.2) is 0 Å². The number of esters is 1. The summed E-state index contributed by atoms with van der Waals surface area (Å²) >= 11 is 3.11. The van der Waals surface area contributed by atoms with Crippen LogP contribution in [0.5, 0.6) is 5.75 Å². The number of alkyl halides is 3. The normalized spacial score (nSPS) is 10.1. The summed E-state index contributed by atoms with van der Waals surface area (Å²) in [5.41, 5.74) is 0.293. The van der Waals surface area contributed by atoms with Gasteiger partial charge in [-0.15, -0.1) is 0 Å². The second-order valence-electron chi connectivity index (χ2n) is 3.35. The van der Waals surface area contributed by atoms with Gasteiger partial charge in [-0.1, -0.05) is 15.9 Å². The van der Waals surface area contributed by atoms with Crippen LogP contribution in [0.3, 0.4) is 0 Å². The van der Waals surface area contributed by atoms with E-state index in [0.29, 0.717) is 5.56 Å². The first kappa shape index (κ1) is 15.4. The van der Waals surface area contributed by atoms with E-state index in [-0.39, 0.29) is 28.8 Å². The number of carbonyl (C=O) groups is 1. The van der Waals surface area contributed by atoms with Gasteiger partial charge in [0.25, 0.3) is 0 Å². The quantitative estimate of drug-likeness (QED) is 0.613. The Morgan fingerprint density at radius 2 is 2.21 bits per heavy atom. The summed E-state index contributed by atoms with van der Waals surface area (Å²) in [6.07, 6.45) is 0. The molecular weight excluding hydrogens is 324 g/mol. The lowest BCUT2D eigenvalue weighted by atomic mass is 10.0. The molecule has 0 heterocycles. The molecule has 1 aromatic carbocycles. The SMILES string of the molecule is CCOC(=O)c1cc(CBr)c(OC(F)F)cc1C#N. The predicted octanol–water partition coefficient (Wildman–Crippen LogP) is 3.23. The van der Waals surface area contributed by atoms with Crippen molar-refractivity contribution in [3.63, 3.8) is 0 Å². The van der Waals surface area contributed by atoms with Crippen LogP contribution in [0.4, 0.5) is 8.78 Å². The molecule has 0 bridgehead atoms. The van der Waals surface area contributed by atoms with Crippen molar-refractivity contribution in [2.75, 3.05) is 6.61 Å². The maximum atomic E-state index is 12.2. The number of nitriles is 1. The molecule has 0 fully saturated rings. The predicted molar refractivity (Wildman–Crippen MR) is 66.4 cm³/mol. The van der Waals surface area contributed by atoms with Gasteiger partial charge in [0.05, 0.1) is 17.7 Å². The van der Waals surface area contributed by atoms with Crippen LogP contribution in [0, 0.1) is 11.3 Å². The van der Waals surface area contributed by atoms with E-state index in [9.17, 15) is 13.6 Å². The number of hydrogen-bond acceptors (Lipinski definition) is 4. The molecule has 1 rings (SSSR count). The Morgan fingerprint density at radius 1 is 1.53 bits per heavy atom. The van der Waals surface area contributed by atoms with Crippen LogP contribution in [0.15, 0.2) is 12.1 Å². The van der Waals surface area contributed by atoms with Crippen molar-refractivity contribution >= 4 is 21.9 Å². The number of halogens is 3. The molecule has 0 N–H and O–H groups in total. The number of rotatable bonds is 5. The van der Waals surface area contributed by atoms with Gasteiger partial charge in [-0.05, 0) is 19.1 Å². The van der Waals surface area contributed by atoms with Crippen molar-refractivity contribution in [3.8, 4) is 11.8 Å². The van der Waals surface area contributed by atoms with Crippen LogP contribution < -0.4 is 4.74 Å². The minimum Gasteiger partial charge on any atom is -0.462 e. The van der Waals surface area contributed by atoms with Crippen LogP contribution >= 0.6 is 15.9 Å². The third kappa shape index (κ3) is 3.89. The van der Waals surface area contributed by atoms with Gasteiger partial charge >= 0.3 is 12.6 Å². The van der Waals surface area contributed by atoms with E-state index >= 15 is 0 Å². The fourth-order valence-corrected chi connectivity index (χ4v) is 1.84. The lowest BCUT2D eigenvalue weighted by Crippen LogP contribution is -2.10. The molecule has 19 heavy (non-hydrogen) atoms. The number of carbonyl (C=O) groups excluding carboxylic acids is 1. The highest BCUT2D eigenvalue weighted by Gasteiger charge is 2.18. The lowest BCUT2D eigenvalue weighted by Gasteiger charge is -2.12. The van der Waals surface area contributed by atoms with Gasteiger partial charge < -0.3 is 9.47 Å². The van der Waals surface area contributed by atoms with E-state index in [4.69, 9.17) is 10.00 Å². The molecule has 0 radical (unpaired) electrons. The first-order valence-corrected chi connectivity index (χ1v) is 6.40. The fraction of sp³-hybridized carbons (Fsp3) is 0.333. The van der Waals surface area contributed by atoms with Crippen molar-refractivity contribution in [3.05, 3.63) is 28.8 Å². The summed E-state index contributed by atoms with van der Waals surface area (Å²) in [5.74, 6) is -0.818. The molecule has 0 saturated heterocycles. The van der Waals surface area contributed by atoms with Crippen molar-refractivity contribution in [1.29, 1.82) is 5.26 Å². The molecule has 102 valence electrons. The standard InChI is InChI=1S/C12H10BrF2NO3/c1-2-18-11(17)9-3-7(5-13)10(19-12(14)15)4-8(9)6-16/h3-4,12H,2,5H2,1H3. The zero-order chi connectivity index (χ0) is 14.4.